The third kappa shape index (κ3) is 35.2. The Morgan fingerprint density at radius 1 is 0.410 bits per heavy atom. The number of rotatable bonds is 55. The van der Waals surface area contributed by atoms with Crippen molar-refractivity contribution >= 4 is 5.91 Å². The van der Waals surface area contributed by atoms with E-state index >= 15 is 0 Å². The highest BCUT2D eigenvalue weighted by Gasteiger charge is 2.51. The number of carbonyl (C=O) groups excluding carboxylic acids is 1. The Morgan fingerprint density at radius 2 is 0.731 bits per heavy atom. The first-order valence-electron chi connectivity index (χ1n) is 33.3. The molecule has 0 aromatic heterocycles. The maximum atomic E-state index is 13.3. The summed E-state index contributed by atoms with van der Waals surface area (Å²) in [5.41, 5.74) is 0. The number of ether oxygens (including phenoxy) is 4. The third-order valence-corrected chi connectivity index (χ3v) is 16.8. The Bertz CT molecular complexity index is 1310. The second-order valence-electron chi connectivity index (χ2n) is 24.0. The summed E-state index contributed by atoms with van der Waals surface area (Å²) in [5, 5.41) is 87.5. The summed E-state index contributed by atoms with van der Waals surface area (Å²) in [4.78, 5) is 13.3. The number of aliphatic hydroxyl groups is 8. The van der Waals surface area contributed by atoms with Crippen molar-refractivity contribution in [1.29, 1.82) is 0 Å². The van der Waals surface area contributed by atoms with Crippen LogP contribution in [0.15, 0.2) is 0 Å². The van der Waals surface area contributed by atoms with Crippen molar-refractivity contribution in [2.75, 3.05) is 19.8 Å². The van der Waals surface area contributed by atoms with Gasteiger partial charge in [-0.15, -0.1) is 0 Å². The smallest absolute Gasteiger partial charge is 0.220 e. The molecule has 12 atom stereocenters. The van der Waals surface area contributed by atoms with Crippen LogP contribution in [0.5, 0.6) is 0 Å². The molecule has 0 aromatic rings. The first-order chi connectivity index (χ1) is 38.1. The van der Waals surface area contributed by atoms with Crippen molar-refractivity contribution < 1.29 is 64.6 Å². The molecule has 2 rings (SSSR count). The molecule has 0 spiro atoms. The van der Waals surface area contributed by atoms with Crippen molar-refractivity contribution in [2.45, 2.75) is 383 Å². The Labute approximate surface area is 476 Å². The van der Waals surface area contributed by atoms with E-state index in [4.69, 9.17) is 18.9 Å². The minimum Gasteiger partial charge on any atom is -0.394 e. The Kier molecular flexibility index (Phi) is 47.3. The number of carbonyl (C=O) groups is 1. The van der Waals surface area contributed by atoms with Gasteiger partial charge in [0, 0.05) is 6.42 Å². The summed E-state index contributed by atoms with van der Waals surface area (Å²) >= 11 is 0. The largest absolute Gasteiger partial charge is 0.394 e. The van der Waals surface area contributed by atoms with Crippen molar-refractivity contribution in [3.8, 4) is 0 Å². The number of amides is 1. The lowest BCUT2D eigenvalue weighted by molar-refractivity contribution is -0.359. The van der Waals surface area contributed by atoms with Gasteiger partial charge < -0.3 is 65.1 Å². The molecule has 2 fully saturated rings. The Morgan fingerprint density at radius 3 is 1.09 bits per heavy atom. The van der Waals surface area contributed by atoms with Crippen LogP contribution in [0.4, 0.5) is 0 Å². The second-order valence-corrected chi connectivity index (χ2v) is 24.0. The summed E-state index contributed by atoms with van der Waals surface area (Å²) in [6, 6.07) is -0.823. The number of aliphatic hydroxyl groups excluding tert-OH is 8. The zero-order valence-electron chi connectivity index (χ0n) is 50.2. The van der Waals surface area contributed by atoms with Crippen LogP contribution in [-0.4, -0.2) is 140 Å². The number of hydrogen-bond donors (Lipinski definition) is 9. The quantitative estimate of drug-likeness (QED) is 0.0259. The first-order valence-corrected chi connectivity index (χ1v) is 33.3. The van der Waals surface area contributed by atoms with Gasteiger partial charge in [-0.25, -0.2) is 0 Å². The number of nitrogens with one attached hydrogen (secondary N) is 1. The van der Waals surface area contributed by atoms with Gasteiger partial charge in [0.1, 0.15) is 48.8 Å². The van der Waals surface area contributed by atoms with Crippen molar-refractivity contribution in [1.82, 2.24) is 5.32 Å². The maximum absolute atomic E-state index is 13.3. The summed E-state index contributed by atoms with van der Waals surface area (Å²) in [6.45, 7) is 2.92. The zero-order valence-corrected chi connectivity index (χ0v) is 50.2. The molecule has 14 heteroatoms. The van der Waals surface area contributed by atoms with Gasteiger partial charge in [-0.2, -0.15) is 0 Å². The van der Waals surface area contributed by atoms with E-state index in [0.29, 0.717) is 12.8 Å². The summed E-state index contributed by atoms with van der Waals surface area (Å²) < 4.78 is 22.9. The van der Waals surface area contributed by atoms with E-state index in [0.717, 1.165) is 51.4 Å². The normalized spacial score (nSPS) is 24.4. The molecule has 9 N–H and O–H groups in total. The van der Waals surface area contributed by atoms with E-state index in [2.05, 4.69) is 19.2 Å². The van der Waals surface area contributed by atoms with E-state index in [-0.39, 0.29) is 12.5 Å². The topological polar surface area (TPSA) is 228 Å². The van der Waals surface area contributed by atoms with E-state index in [1.54, 1.807) is 0 Å². The molecule has 14 nitrogen and oxygen atoms in total. The molecule has 2 aliphatic rings. The molecule has 12 unspecified atom stereocenters. The summed E-state index contributed by atoms with van der Waals surface area (Å²) in [6.07, 6.45) is 41.1. The fourth-order valence-corrected chi connectivity index (χ4v) is 11.5. The van der Waals surface area contributed by atoms with Crippen LogP contribution in [0.2, 0.25) is 0 Å². The van der Waals surface area contributed by atoms with Gasteiger partial charge in [0.25, 0.3) is 0 Å². The van der Waals surface area contributed by atoms with Crippen LogP contribution in [0.1, 0.15) is 309 Å². The van der Waals surface area contributed by atoms with Gasteiger partial charge in [-0.05, 0) is 12.8 Å². The van der Waals surface area contributed by atoms with Gasteiger partial charge in [-0.3, -0.25) is 4.79 Å². The van der Waals surface area contributed by atoms with Crippen LogP contribution in [-0.2, 0) is 23.7 Å². The molecule has 0 radical (unpaired) electrons. The van der Waals surface area contributed by atoms with Crippen LogP contribution < -0.4 is 5.32 Å². The fraction of sp³-hybridized carbons (Fsp3) is 0.984. The SMILES string of the molecule is CCCCCCCCCCCCCCCCCCCCCCCCCCCC(O)C(COC1OC(CO)C(OC2OC(CO)C(O)C(O)C2O)C(O)C1O)NC(=O)CCCCCCCCCCCCCCCCCCCCC. The van der Waals surface area contributed by atoms with Crippen molar-refractivity contribution in [3.63, 3.8) is 0 Å². The van der Waals surface area contributed by atoms with Crippen LogP contribution in [0.25, 0.3) is 0 Å². The van der Waals surface area contributed by atoms with Gasteiger partial charge >= 0.3 is 0 Å². The molecule has 0 bridgehead atoms. The number of unbranched alkanes of at least 4 members (excludes halogenated alkanes) is 42. The molecule has 1 amide bonds. The molecule has 78 heavy (non-hydrogen) atoms. The lowest BCUT2D eigenvalue weighted by Crippen LogP contribution is -2.65. The van der Waals surface area contributed by atoms with Crippen LogP contribution in [0.3, 0.4) is 0 Å². The molecule has 2 heterocycles. The van der Waals surface area contributed by atoms with E-state index in [9.17, 15) is 45.6 Å². The highest BCUT2D eigenvalue weighted by molar-refractivity contribution is 5.76. The van der Waals surface area contributed by atoms with E-state index in [1.807, 2.05) is 0 Å². The predicted molar refractivity (Wildman–Crippen MR) is 314 cm³/mol. The Hall–Kier alpha value is -1.01. The number of hydrogen-bond acceptors (Lipinski definition) is 13. The van der Waals surface area contributed by atoms with E-state index < -0.39 is 86.8 Å². The van der Waals surface area contributed by atoms with Gasteiger partial charge in [0.2, 0.25) is 5.91 Å². The van der Waals surface area contributed by atoms with E-state index in [1.165, 1.54) is 231 Å². The van der Waals surface area contributed by atoms with Crippen LogP contribution in [0, 0.1) is 0 Å². The van der Waals surface area contributed by atoms with Gasteiger partial charge in [-0.1, -0.05) is 290 Å². The molecule has 0 aromatic carbocycles. The van der Waals surface area contributed by atoms with Gasteiger partial charge in [0.15, 0.2) is 12.6 Å². The van der Waals surface area contributed by atoms with Crippen molar-refractivity contribution in [3.05, 3.63) is 0 Å². The maximum Gasteiger partial charge on any atom is 0.220 e. The molecular formula is C64H125NO13. The molecule has 464 valence electrons. The molecule has 2 saturated heterocycles. The highest BCUT2D eigenvalue weighted by atomic mass is 16.7. The summed E-state index contributed by atoms with van der Waals surface area (Å²) in [7, 11) is 0. The minimum atomic E-state index is -1.78. The standard InChI is InChI=1S/C64H125NO13/c1-3-5-7-9-11-13-15-17-19-21-23-24-25-26-27-28-30-31-33-35-37-39-41-43-45-47-53(68)52(65-56(69)48-46-44-42-40-38-36-34-32-29-22-20-18-16-14-12-10-8-6-4-2)51-75-63-61(74)59(72)62(55(50-67)77-63)78-64-60(73)58(71)57(70)54(49-66)76-64/h52-55,57-64,66-68,70-74H,3-51H2,1-2H3,(H,65,69). The third-order valence-electron chi connectivity index (χ3n) is 16.8. The molecule has 0 saturated carbocycles. The molecule has 0 aliphatic carbocycles. The average molecular weight is 1120 g/mol. The van der Waals surface area contributed by atoms with Crippen LogP contribution >= 0.6 is 0 Å². The molecular weight excluding hydrogens is 991 g/mol. The summed E-state index contributed by atoms with van der Waals surface area (Å²) in [5.74, 6) is -0.198. The van der Waals surface area contributed by atoms with Crippen molar-refractivity contribution in [2.24, 2.45) is 0 Å². The Balaban J connectivity index is 1.69. The lowest BCUT2D eigenvalue weighted by Gasteiger charge is -2.46. The first kappa shape index (κ1) is 73.1. The predicted octanol–water partition coefficient (Wildman–Crippen LogP) is 12.5. The lowest BCUT2D eigenvalue weighted by atomic mass is 9.97. The highest BCUT2D eigenvalue weighted by Crippen LogP contribution is 2.30. The minimum absolute atomic E-state index is 0.198. The zero-order chi connectivity index (χ0) is 56.7. The monoisotopic (exact) mass is 1120 g/mol. The molecule has 2 aliphatic heterocycles. The van der Waals surface area contributed by atoms with Gasteiger partial charge in [0.05, 0.1) is 32.0 Å². The fourth-order valence-electron chi connectivity index (χ4n) is 11.5. The second kappa shape index (κ2) is 50.5. The average Bonchev–Trinajstić information content (AvgIpc) is 3.44.